The number of rotatable bonds is 8. The van der Waals surface area contributed by atoms with E-state index in [1.807, 2.05) is 53.3 Å². The molecule has 8 nitrogen and oxygen atoms in total. The Morgan fingerprint density at radius 1 is 1.27 bits per heavy atom. The van der Waals surface area contributed by atoms with Crippen LogP contribution in [0.2, 0.25) is 0 Å². The highest BCUT2D eigenvalue weighted by molar-refractivity contribution is 5.95. The van der Waals surface area contributed by atoms with Crippen LogP contribution in [0.3, 0.4) is 0 Å². The van der Waals surface area contributed by atoms with Gasteiger partial charge in [0.2, 0.25) is 5.91 Å². The van der Waals surface area contributed by atoms with Crippen molar-refractivity contribution in [1.82, 2.24) is 25.3 Å². The first-order valence-corrected chi connectivity index (χ1v) is 10.5. The van der Waals surface area contributed by atoms with Crippen molar-refractivity contribution < 1.29 is 4.79 Å². The van der Waals surface area contributed by atoms with Crippen LogP contribution in [0.1, 0.15) is 36.9 Å². The monoisotopic (exact) mass is 411 g/mol. The number of amides is 1. The first-order valence-electron chi connectivity index (χ1n) is 10.5. The summed E-state index contributed by atoms with van der Waals surface area (Å²) in [7, 11) is 6.06. The average Bonchev–Trinajstić information content (AvgIpc) is 3.34. The summed E-state index contributed by atoms with van der Waals surface area (Å²) in [5, 5.41) is 11.1. The van der Waals surface area contributed by atoms with Crippen LogP contribution in [0, 0.1) is 0 Å². The fourth-order valence-electron chi connectivity index (χ4n) is 3.62. The Morgan fingerprint density at radius 3 is 2.60 bits per heavy atom. The van der Waals surface area contributed by atoms with Crippen molar-refractivity contribution in [3.05, 3.63) is 47.8 Å². The Bertz CT molecular complexity index is 857. The molecule has 0 bridgehead atoms. The number of nitrogens with one attached hydrogen (secondary N) is 2. The molecule has 3 rings (SSSR count). The van der Waals surface area contributed by atoms with Gasteiger partial charge in [-0.2, -0.15) is 5.10 Å². The molecule has 0 saturated carbocycles. The normalized spacial score (nSPS) is 15.7. The van der Waals surface area contributed by atoms with Crippen LogP contribution in [-0.2, 0) is 18.4 Å². The van der Waals surface area contributed by atoms with Gasteiger partial charge in [-0.15, -0.1) is 0 Å². The highest BCUT2D eigenvalue weighted by Crippen LogP contribution is 2.21. The number of benzene rings is 1. The van der Waals surface area contributed by atoms with Gasteiger partial charge in [0.15, 0.2) is 5.96 Å². The minimum atomic E-state index is 0.194. The summed E-state index contributed by atoms with van der Waals surface area (Å²) < 4.78 is 1.82. The number of hydrogen-bond acceptors (Lipinski definition) is 4. The van der Waals surface area contributed by atoms with Crippen LogP contribution in [0.5, 0.6) is 0 Å². The van der Waals surface area contributed by atoms with E-state index < -0.39 is 0 Å². The summed E-state index contributed by atoms with van der Waals surface area (Å²) >= 11 is 0. The van der Waals surface area contributed by atoms with E-state index in [9.17, 15) is 4.79 Å². The molecule has 1 aliphatic rings. The molecule has 0 aliphatic carbocycles. The zero-order valence-corrected chi connectivity index (χ0v) is 18.4. The van der Waals surface area contributed by atoms with E-state index in [4.69, 9.17) is 4.99 Å². The maximum absolute atomic E-state index is 11.9. The maximum Gasteiger partial charge on any atom is 0.227 e. The van der Waals surface area contributed by atoms with E-state index in [1.54, 1.807) is 0 Å². The molecule has 0 spiro atoms. The Morgan fingerprint density at radius 2 is 2.03 bits per heavy atom. The van der Waals surface area contributed by atoms with Crippen molar-refractivity contribution in [2.45, 2.75) is 32.4 Å². The molecule has 1 aromatic heterocycles. The largest absolute Gasteiger partial charge is 0.357 e. The second-order valence-corrected chi connectivity index (χ2v) is 7.82. The van der Waals surface area contributed by atoms with E-state index in [1.165, 1.54) is 0 Å². The molecule has 1 aliphatic heterocycles. The highest BCUT2D eigenvalue weighted by atomic mass is 16.2. The molecule has 1 fully saturated rings. The molecule has 1 atom stereocenters. The average molecular weight is 412 g/mol. The van der Waals surface area contributed by atoms with Gasteiger partial charge in [-0.3, -0.25) is 9.48 Å². The zero-order chi connectivity index (χ0) is 21.5. The van der Waals surface area contributed by atoms with Crippen molar-refractivity contribution in [2.24, 2.45) is 12.0 Å². The molecule has 1 amide bonds. The second-order valence-electron chi connectivity index (χ2n) is 7.82. The van der Waals surface area contributed by atoms with Gasteiger partial charge in [-0.05, 0) is 45.1 Å². The van der Waals surface area contributed by atoms with Crippen LogP contribution in [0.4, 0.5) is 5.69 Å². The molecule has 1 unspecified atom stereocenters. The number of aryl methyl sites for hydroxylation is 1. The van der Waals surface area contributed by atoms with E-state index in [0.29, 0.717) is 13.0 Å². The summed E-state index contributed by atoms with van der Waals surface area (Å²) in [5.41, 5.74) is 3.25. The predicted molar refractivity (Wildman–Crippen MR) is 120 cm³/mol. The number of nitrogens with zero attached hydrogens (tertiary/aromatic N) is 5. The van der Waals surface area contributed by atoms with Gasteiger partial charge in [0.1, 0.15) is 0 Å². The lowest BCUT2D eigenvalue weighted by molar-refractivity contribution is -0.117. The quantitative estimate of drug-likeness (QED) is 0.513. The number of aliphatic imine (C=N–C) groups is 1. The number of anilines is 1. The van der Waals surface area contributed by atoms with Gasteiger partial charge in [-0.1, -0.05) is 12.1 Å². The molecule has 162 valence electrons. The van der Waals surface area contributed by atoms with Crippen molar-refractivity contribution in [3.63, 3.8) is 0 Å². The highest BCUT2D eigenvalue weighted by Gasteiger charge is 2.21. The minimum Gasteiger partial charge on any atom is -0.357 e. The topological polar surface area (TPSA) is 77.8 Å². The molecular weight excluding hydrogens is 378 g/mol. The fourth-order valence-corrected chi connectivity index (χ4v) is 3.62. The Balaban J connectivity index is 1.61. The van der Waals surface area contributed by atoms with Crippen molar-refractivity contribution in [1.29, 1.82) is 0 Å². The summed E-state index contributed by atoms with van der Waals surface area (Å²) in [6.45, 7) is 4.96. The molecule has 2 aromatic rings. The molecule has 2 N–H and O–H groups in total. The van der Waals surface area contributed by atoms with E-state index in [2.05, 4.69) is 41.7 Å². The molecular formula is C22H33N7O. The van der Waals surface area contributed by atoms with Crippen molar-refractivity contribution >= 4 is 17.6 Å². The van der Waals surface area contributed by atoms with Gasteiger partial charge in [-0.25, -0.2) is 4.99 Å². The maximum atomic E-state index is 11.9. The lowest BCUT2D eigenvalue weighted by Crippen LogP contribution is -2.41. The SMILES string of the molecule is CCNC(=NCc1ccc(N2CCCC2=O)cc1)NCC(c1cnn(C)c1)N(C)C. The number of aromatic nitrogens is 2. The molecule has 30 heavy (non-hydrogen) atoms. The number of carbonyl (C=O) groups excluding carboxylic acids is 1. The fraction of sp³-hybridized carbons (Fsp3) is 0.500. The number of hydrogen-bond donors (Lipinski definition) is 2. The summed E-state index contributed by atoms with van der Waals surface area (Å²) in [6.07, 6.45) is 5.54. The lowest BCUT2D eigenvalue weighted by atomic mass is 10.1. The third-order valence-electron chi connectivity index (χ3n) is 5.28. The van der Waals surface area contributed by atoms with Crippen LogP contribution in [0.15, 0.2) is 41.7 Å². The van der Waals surface area contributed by atoms with E-state index in [-0.39, 0.29) is 11.9 Å². The zero-order valence-electron chi connectivity index (χ0n) is 18.4. The third-order valence-corrected chi connectivity index (χ3v) is 5.28. The van der Waals surface area contributed by atoms with Gasteiger partial charge in [0, 0.05) is 50.6 Å². The molecule has 0 radical (unpaired) electrons. The van der Waals surface area contributed by atoms with Gasteiger partial charge in [0.25, 0.3) is 0 Å². The van der Waals surface area contributed by atoms with E-state index in [0.717, 1.165) is 48.8 Å². The summed E-state index contributed by atoms with van der Waals surface area (Å²) in [6, 6.07) is 8.32. The Labute approximate surface area is 179 Å². The Kier molecular flexibility index (Phi) is 7.46. The van der Waals surface area contributed by atoms with Crippen molar-refractivity contribution in [2.75, 3.05) is 38.6 Å². The molecule has 8 heteroatoms. The minimum absolute atomic E-state index is 0.194. The molecule has 2 heterocycles. The first kappa shape index (κ1) is 21.8. The first-order chi connectivity index (χ1) is 14.5. The van der Waals surface area contributed by atoms with E-state index >= 15 is 0 Å². The summed E-state index contributed by atoms with van der Waals surface area (Å²) in [5.74, 6) is 0.996. The van der Waals surface area contributed by atoms with Crippen LogP contribution in [-0.4, -0.2) is 60.3 Å². The standard InChI is InChI=1S/C22H33N7O/c1-5-23-22(25-15-20(27(2)3)18-14-26-28(4)16-18)24-13-17-8-10-19(11-9-17)29-12-6-7-21(29)30/h8-11,14,16,20H,5-7,12-13,15H2,1-4H3,(H2,23,24,25). The number of guanidine groups is 1. The van der Waals surface area contributed by atoms with Gasteiger partial charge < -0.3 is 20.4 Å². The molecule has 1 saturated heterocycles. The lowest BCUT2D eigenvalue weighted by Gasteiger charge is -2.24. The van der Waals surface area contributed by atoms with Crippen LogP contribution >= 0.6 is 0 Å². The smallest absolute Gasteiger partial charge is 0.227 e. The number of likely N-dealkylation sites (N-methyl/N-ethyl adjacent to an activating group) is 1. The van der Waals surface area contributed by atoms with Gasteiger partial charge >= 0.3 is 0 Å². The van der Waals surface area contributed by atoms with Crippen molar-refractivity contribution in [3.8, 4) is 0 Å². The second kappa shape index (κ2) is 10.2. The van der Waals surface area contributed by atoms with Crippen LogP contribution < -0.4 is 15.5 Å². The Hall–Kier alpha value is -2.87. The van der Waals surface area contributed by atoms with Crippen LogP contribution in [0.25, 0.3) is 0 Å². The number of carbonyl (C=O) groups is 1. The van der Waals surface area contributed by atoms with Gasteiger partial charge in [0.05, 0.1) is 18.8 Å². The summed E-state index contributed by atoms with van der Waals surface area (Å²) in [4.78, 5) is 20.7. The third kappa shape index (κ3) is 5.60. The predicted octanol–water partition coefficient (Wildman–Crippen LogP) is 1.90. The molecule has 1 aromatic carbocycles.